The topological polar surface area (TPSA) is 56.1 Å². The van der Waals surface area contributed by atoms with E-state index in [0.717, 1.165) is 35.6 Å². The first-order chi connectivity index (χ1) is 14.5. The van der Waals surface area contributed by atoms with Gasteiger partial charge in [-0.05, 0) is 45.0 Å². The smallest absolute Gasteiger partial charge is 0.260 e. The van der Waals surface area contributed by atoms with Gasteiger partial charge >= 0.3 is 0 Å². The van der Waals surface area contributed by atoms with Crippen LogP contribution < -0.4 is 19.3 Å². The summed E-state index contributed by atoms with van der Waals surface area (Å²) in [6, 6.07) is 11.4. The summed E-state index contributed by atoms with van der Waals surface area (Å²) in [6.07, 6.45) is 0. The number of likely N-dealkylation sites (N-methyl/N-ethyl adjacent to an activating group) is 1. The maximum atomic E-state index is 13.5. The molecular weight excluding hydrogens is 398 g/mol. The third-order valence-electron chi connectivity index (χ3n) is 5.33. The van der Waals surface area contributed by atoms with Gasteiger partial charge in [-0.2, -0.15) is 0 Å². The van der Waals surface area contributed by atoms with Gasteiger partial charge in [0.05, 0.1) is 40.4 Å². The van der Waals surface area contributed by atoms with E-state index >= 15 is 0 Å². The molecule has 1 aromatic heterocycles. The first-order valence-corrected chi connectivity index (χ1v) is 11.1. The number of nitrogens with one attached hydrogen (secondary N) is 1. The summed E-state index contributed by atoms with van der Waals surface area (Å²) in [5.74, 6) is 1.36. The Balaban J connectivity index is 2.06. The molecule has 0 aliphatic heterocycles. The molecule has 7 heteroatoms. The Bertz CT molecular complexity index is 973. The molecule has 3 rings (SSSR count). The average Bonchev–Trinajstić information content (AvgIpc) is 3.21. The summed E-state index contributed by atoms with van der Waals surface area (Å²) < 4.78 is 11.9. The van der Waals surface area contributed by atoms with Gasteiger partial charge in [0.2, 0.25) is 0 Å². The number of hydrogen-bond acceptors (Lipinski definition) is 5. The van der Waals surface area contributed by atoms with E-state index in [1.165, 1.54) is 16.2 Å². The van der Waals surface area contributed by atoms with Crippen molar-refractivity contribution in [2.45, 2.75) is 20.8 Å². The van der Waals surface area contributed by atoms with Crippen molar-refractivity contribution >= 4 is 32.6 Å². The summed E-state index contributed by atoms with van der Waals surface area (Å²) in [6.45, 7) is 9.81. The molecule has 0 aliphatic rings. The molecule has 1 N–H and O–H groups in total. The monoisotopic (exact) mass is 428 g/mol. The maximum absolute atomic E-state index is 13.5. The first-order valence-electron chi connectivity index (χ1n) is 10.3. The summed E-state index contributed by atoms with van der Waals surface area (Å²) in [5.41, 5.74) is 2.44. The van der Waals surface area contributed by atoms with E-state index < -0.39 is 0 Å². The second-order valence-electron chi connectivity index (χ2n) is 7.18. The molecule has 1 heterocycles. The van der Waals surface area contributed by atoms with E-state index in [0.29, 0.717) is 28.5 Å². The normalized spacial score (nSPS) is 11.1. The Morgan fingerprint density at radius 1 is 1.10 bits per heavy atom. The SMILES string of the molecule is CC[NH+](CC)CCN(C(=O)c1cccc(C)c1)c1nc2c(OC)ccc(OC)c2s1. The number of ether oxygens (including phenoxy) is 2. The number of methoxy groups -OCH3 is 2. The van der Waals surface area contributed by atoms with E-state index in [1.54, 1.807) is 19.1 Å². The van der Waals surface area contributed by atoms with Gasteiger partial charge in [0.1, 0.15) is 21.7 Å². The molecule has 160 valence electrons. The highest BCUT2D eigenvalue weighted by atomic mass is 32.1. The van der Waals surface area contributed by atoms with Crippen LogP contribution in [0.25, 0.3) is 10.2 Å². The molecule has 0 unspecified atom stereocenters. The Morgan fingerprint density at radius 2 is 1.80 bits per heavy atom. The minimum absolute atomic E-state index is 0.0396. The van der Waals surface area contributed by atoms with Gasteiger partial charge in [-0.1, -0.05) is 29.0 Å². The third-order valence-corrected chi connectivity index (χ3v) is 6.42. The standard InChI is InChI=1S/C23H29N3O3S/c1-6-25(7-2)13-14-26(22(27)17-10-8-9-16(3)15-17)23-24-20-18(28-4)11-12-19(29-5)21(20)30-23/h8-12,15H,6-7,13-14H2,1-5H3/p+1. The number of aryl methyl sites for hydroxylation is 1. The minimum atomic E-state index is -0.0396. The van der Waals surface area contributed by atoms with Crippen LogP contribution in [0, 0.1) is 6.92 Å². The highest BCUT2D eigenvalue weighted by molar-refractivity contribution is 7.22. The maximum Gasteiger partial charge on any atom is 0.260 e. The number of benzene rings is 2. The van der Waals surface area contributed by atoms with Crippen molar-refractivity contribution in [2.75, 3.05) is 45.3 Å². The zero-order valence-corrected chi connectivity index (χ0v) is 19.1. The van der Waals surface area contributed by atoms with Crippen molar-refractivity contribution in [3.63, 3.8) is 0 Å². The molecular formula is C23H30N3O3S+. The van der Waals surface area contributed by atoms with Crippen LogP contribution in [0.1, 0.15) is 29.8 Å². The number of nitrogens with zero attached hydrogens (tertiary/aromatic N) is 2. The summed E-state index contributed by atoms with van der Waals surface area (Å²) in [4.78, 5) is 21.5. The van der Waals surface area contributed by atoms with Crippen LogP contribution in [0.3, 0.4) is 0 Å². The molecule has 0 aliphatic carbocycles. The zero-order valence-electron chi connectivity index (χ0n) is 18.3. The fourth-order valence-electron chi connectivity index (χ4n) is 3.48. The van der Waals surface area contributed by atoms with Crippen molar-refractivity contribution in [3.8, 4) is 11.5 Å². The second kappa shape index (κ2) is 9.91. The van der Waals surface area contributed by atoms with Crippen LogP contribution in [-0.2, 0) is 0 Å². The number of amides is 1. The molecule has 0 saturated heterocycles. The van der Waals surface area contributed by atoms with E-state index in [9.17, 15) is 4.79 Å². The van der Waals surface area contributed by atoms with Crippen LogP contribution in [-0.4, -0.2) is 51.3 Å². The Hall–Kier alpha value is -2.64. The van der Waals surface area contributed by atoms with Gasteiger partial charge in [-0.15, -0.1) is 0 Å². The lowest BCUT2D eigenvalue weighted by atomic mass is 10.1. The van der Waals surface area contributed by atoms with Crippen LogP contribution in [0.15, 0.2) is 36.4 Å². The fourth-order valence-corrected chi connectivity index (χ4v) is 4.58. The number of aromatic nitrogens is 1. The average molecular weight is 429 g/mol. The van der Waals surface area contributed by atoms with Crippen molar-refractivity contribution in [2.24, 2.45) is 0 Å². The second-order valence-corrected chi connectivity index (χ2v) is 8.16. The number of anilines is 1. The lowest BCUT2D eigenvalue weighted by Gasteiger charge is -2.23. The van der Waals surface area contributed by atoms with Gasteiger partial charge < -0.3 is 14.4 Å². The lowest BCUT2D eigenvalue weighted by molar-refractivity contribution is -0.894. The zero-order chi connectivity index (χ0) is 21.7. The van der Waals surface area contributed by atoms with Gasteiger partial charge in [-0.25, -0.2) is 4.98 Å². The van der Waals surface area contributed by atoms with Crippen molar-refractivity contribution in [1.29, 1.82) is 0 Å². The van der Waals surface area contributed by atoms with Gasteiger partial charge in [0, 0.05) is 5.56 Å². The van der Waals surface area contributed by atoms with Crippen LogP contribution in [0.4, 0.5) is 5.13 Å². The van der Waals surface area contributed by atoms with Crippen molar-refractivity contribution < 1.29 is 19.2 Å². The number of carbonyl (C=O) groups excluding carboxylic acids is 1. The van der Waals surface area contributed by atoms with E-state index in [2.05, 4.69) is 13.8 Å². The van der Waals surface area contributed by atoms with Gasteiger partial charge in [0.15, 0.2) is 5.13 Å². The number of rotatable bonds is 9. The number of quaternary nitrogens is 1. The van der Waals surface area contributed by atoms with E-state index in [-0.39, 0.29) is 5.91 Å². The van der Waals surface area contributed by atoms with Gasteiger partial charge in [0.25, 0.3) is 5.91 Å². The number of thiazole rings is 1. The highest BCUT2D eigenvalue weighted by Gasteiger charge is 2.24. The molecule has 2 aromatic carbocycles. The summed E-state index contributed by atoms with van der Waals surface area (Å²) in [5, 5.41) is 0.658. The number of fused-ring (bicyclic) bond motifs is 1. The van der Waals surface area contributed by atoms with Crippen LogP contribution in [0.5, 0.6) is 11.5 Å². The van der Waals surface area contributed by atoms with Crippen LogP contribution in [0.2, 0.25) is 0 Å². The van der Waals surface area contributed by atoms with Crippen molar-refractivity contribution in [1.82, 2.24) is 4.98 Å². The Labute approximate surface area is 182 Å². The Morgan fingerprint density at radius 3 is 2.43 bits per heavy atom. The molecule has 30 heavy (non-hydrogen) atoms. The summed E-state index contributed by atoms with van der Waals surface area (Å²) in [7, 11) is 3.26. The molecule has 0 atom stereocenters. The fraction of sp³-hybridized carbons (Fsp3) is 0.391. The first kappa shape index (κ1) is 22.1. The number of hydrogen-bond donors (Lipinski definition) is 1. The van der Waals surface area contributed by atoms with E-state index in [4.69, 9.17) is 14.5 Å². The third kappa shape index (κ3) is 4.57. The molecule has 0 spiro atoms. The minimum Gasteiger partial charge on any atom is -0.495 e. The predicted molar refractivity (Wildman–Crippen MR) is 122 cm³/mol. The molecule has 1 amide bonds. The Kier molecular flexibility index (Phi) is 7.29. The largest absolute Gasteiger partial charge is 0.495 e. The van der Waals surface area contributed by atoms with E-state index in [1.807, 2.05) is 43.3 Å². The summed E-state index contributed by atoms with van der Waals surface area (Å²) >= 11 is 1.46. The molecule has 0 radical (unpaired) electrons. The molecule has 0 fully saturated rings. The predicted octanol–water partition coefficient (Wildman–Crippen LogP) is 3.19. The molecule has 0 saturated carbocycles. The van der Waals surface area contributed by atoms with Gasteiger partial charge in [-0.3, -0.25) is 9.69 Å². The quantitative estimate of drug-likeness (QED) is 0.569. The van der Waals surface area contributed by atoms with Crippen molar-refractivity contribution in [3.05, 3.63) is 47.5 Å². The molecule has 0 bridgehead atoms. The highest BCUT2D eigenvalue weighted by Crippen LogP contribution is 2.40. The van der Waals surface area contributed by atoms with Crippen LogP contribution >= 0.6 is 11.3 Å². The lowest BCUT2D eigenvalue weighted by Crippen LogP contribution is -3.12. The number of carbonyl (C=O) groups is 1. The molecule has 6 nitrogen and oxygen atoms in total. The molecule has 3 aromatic rings.